The molecule has 0 spiro atoms. The highest BCUT2D eigenvalue weighted by Crippen LogP contribution is 2.31. The maximum Gasteiger partial charge on any atom is 0.407 e. The summed E-state index contributed by atoms with van der Waals surface area (Å²) in [6, 6.07) is 10.00. The number of ether oxygens (including phenoxy) is 1. The van der Waals surface area contributed by atoms with Crippen molar-refractivity contribution >= 4 is 34.0 Å². The van der Waals surface area contributed by atoms with Gasteiger partial charge in [-0.15, -0.1) is 0 Å². The molecule has 1 aromatic carbocycles. The second kappa shape index (κ2) is 7.37. The van der Waals surface area contributed by atoms with Crippen LogP contribution in [0.1, 0.15) is 26.3 Å². The molecule has 1 amide bonds. The molecule has 156 valence electrons. The Morgan fingerprint density at radius 2 is 2.07 bits per heavy atom. The van der Waals surface area contributed by atoms with E-state index < -0.39 is 6.09 Å². The fourth-order valence-corrected chi connectivity index (χ4v) is 3.45. The predicted octanol–water partition coefficient (Wildman–Crippen LogP) is 4.18. The number of anilines is 1. The van der Waals surface area contributed by atoms with Crippen LogP contribution in [-0.4, -0.2) is 38.2 Å². The summed E-state index contributed by atoms with van der Waals surface area (Å²) >= 11 is 0. The fourth-order valence-electron chi connectivity index (χ4n) is 3.45. The van der Waals surface area contributed by atoms with E-state index in [1.54, 1.807) is 6.33 Å². The SMILES string of the molecule is CNc1nc2[nH]c(-c3cccc(COC(=O)NC(C)(C)C)c3)cc2c2c1ncn2C. The first kappa shape index (κ1) is 19.8. The molecule has 0 fully saturated rings. The number of alkyl carbamates (subject to hydrolysis) is 1. The molecule has 8 nitrogen and oxygen atoms in total. The van der Waals surface area contributed by atoms with Crippen molar-refractivity contribution in [2.24, 2.45) is 7.05 Å². The Bertz CT molecular complexity index is 1230. The van der Waals surface area contributed by atoms with Gasteiger partial charge in [0.2, 0.25) is 0 Å². The molecule has 3 heterocycles. The van der Waals surface area contributed by atoms with Gasteiger partial charge in [-0.1, -0.05) is 18.2 Å². The summed E-state index contributed by atoms with van der Waals surface area (Å²) in [5.41, 5.74) is 5.15. The van der Waals surface area contributed by atoms with Crippen LogP contribution in [0.5, 0.6) is 0 Å². The Hall–Kier alpha value is -3.55. The van der Waals surface area contributed by atoms with Crippen molar-refractivity contribution in [2.45, 2.75) is 32.9 Å². The quantitative estimate of drug-likeness (QED) is 0.472. The van der Waals surface area contributed by atoms with Crippen LogP contribution in [0.3, 0.4) is 0 Å². The molecule has 0 bridgehead atoms. The van der Waals surface area contributed by atoms with Gasteiger partial charge in [0.25, 0.3) is 0 Å². The maximum atomic E-state index is 11.9. The van der Waals surface area contributed by atoms with Crippen molar-refractivity contribution in [3.8, 4) is 11.3 Å². The van der Waals surface area contributed by atoms with Gasteiger partial charge in [0.1, 0.15) is 17.8 Å². The van der Waals surface area contributed by atoms with E-state index in [9.17, 15) is 4.79 Å². The van der Waals surface area contributed by atoms with Crippen molar-refractivity contribution in [1.82, 2.24) is 24.8 Å². The van der Waals surface area contributed by atoms with Gasteiger partial charge >= 0.3 is 6.09 Å². The summed E-state index contributed by atoms with van der Waals surface area (Å²) in [5.74, 6) is 0.735. The Kier molecular flexibility index (Phi) is 4.85. The standard InChI is InChI=1S/C22H26N6O2/c1-22(2,3)27-21(29)30-11-13-7-6-8-14(9-13)16-10-15-18-17(24-12-28(18)5)20(23-4)26-19(15)25-16/h6-10,12H,11H2,1-5H3,(H,27,29)(H2,23,25,26). The maximum absolute atomic E-state index is 11.9. The van der Waals surface area contributed by atoms with E-state index in [0.29, 0.717) is 0 Å². The molecule has 30 heavy (non-hydrogen) atoms. The molecule has 4 rings (SSSR count). The number of nitrogens with zero attached hydrogens (tertiary/aromatic N) is 3. The van der Waals surface area contributed by atoms with Gasteiger partial charge in [-0.3, -0.25) is 0 Å². The molecule has 3 N–H and O–H groups in total. The third-order valence-corrected chi connectivity index (χ3v) is 4.76. The highest BCUT2D eigenvalue weighted by atomic mass is 16.5. The summed E-state index contributed by atoms with van der Waals surface area (Å²) in [6.45, 7) is 5.94. The van der Waals surface area contributed by atoms with Gasteiger partial charge in [-0.2, -0.15) is 0 Å². The second-order valence-electron chi connectivity index (χ2n) is 8.36. The van der Waals surface area contributed by atoms with Gasteiger partial charge in [0, 0.05) is 30.7 Å². The van der Waals surface area contributed by atoms with Crippen molar-refractivity contribution in [2.75, 3.05) is 12.4 Å². The first-order chi connectivity index (χ1) is 14.2. The lowest BCUT2D eigenvalue weighted by molar-refractivity contribution is 0.131. The third-order valence-electron chi connectivity index (χ3n) is 4.76. The third kappa shape index (κ3) is 3.80. The lowest BCUT2D eigenvalue weighted by Gasteiger charge is -2.20. The molecule has 0 saturated carbocycles. The number of aryl methyl sites for hydroxylation is 1. The highest BCUT2D eigenvalue weighted by molar-refractivity contribution is 6.07. The molecular formula is C22H26N6O2. The smallest absolute Gasteiger partial charge is 0.407 e. The average molecular weight is 406 g/mol. The van der Waals surface area contributed by atoms with Crippen LogP contribution in [0.4, 0.5) is 10.6 Å². The Labute approximate surface area is 174 Å². The lowest BCUT2D eigenvalue weighted by atomic mass is 10.1. The van der Waals surface area contributed by atoms with Gasteiger partial charge in [-0.05, 0) is 44.0 Å². The number of aromatic amines is 1. The largest absolute Gasteiger partial charge is 0.445 e. The van der Waals surface area contributed by atoms with Crippen molar-refractivity contribution < 1.29 is 9.53 Å². The van der Waals surface area contributed by atoms with E-state index in [1.165, 1.54) is 0 Å². The normalized spacial score (nSPS) is 11.8. The summed E-state index contributed by atoms with van der Waals surface area (Å²) in [4.78, 5) is 24.5. The minimum Gasteiger partial charge on any atom is -0.445 e. The number of amides is 1. The first-order valence-electron chi connectivity index (χ1n) is 9.81. The number of benzene rings is 1. The number of aromatic nitrogens is 4. The van der Waals surface area contributed by atoms with E-state index in [0.717, 1.165) is 44.7 Å². The molecule has 4 aromatic rings. The Balaban J connectivity index is 1.65. The van der Waals surface area contributed by atoms with Crippen LogP contribution in [0.2, 0.25) is 0 Å². The van der Waals surface area contributed by atoms with Crippen molar-refractivity contribution in [1.29, 1.82) is 0 Å². The topological polar surface area (TPSA) is 96.9 Å². The van der Waals surface area contributed by atoms with Crippen molar-refractivity contribution in [3.05, 3.63) is 42.2 Å². The van der Waals surface area contributed by atoms with Crippen LogP contribution in [-0.2, 0) is 18.4 Å². The predicted molar refractivity (Wildman–Crippen MR) is 118 cm³/mol. The number of nitrogens with one attached hydrogen (secondary N) is 3. The molecular weight excluding hydrogens is 380 g/mol. The van der Waals surface area contributed by atoms with Crippen LogP contribution in [0, 0.1) is 0 Å². The number of pyridine rings is 1. The van der Waals surface area contributed by atoms with Gasteiger partial charge in [0.05, 0.1) is 11.8 Å². The summed E-state index contributed by atoms with van der Waals surface area (Å²) in [5, 5.41) is 6.91. The summed E-state index contributed by atoms with van der Waals surface area (Å²) in [6.07, 6.45) is 1.36. The number of carbonyl (C=O) groups is 1. The van der Waals surface area contributed by atoms with E-state index in [2.05, 4.69) is 31.7 Å². The molecule has 0 aliphatic heterocycles. The molecule has 0 aliphatic rings. The molecule has 8 heteroatoms. The number of H-pyrrole nitrogens is 1. The minimum atomic E-state index is -0.430. The molecule has 0 atom stereocenters. The molecule has 0 saturated heterocycles. The van der Waals surface area contributed by atoms with Crippen LogP contribution in [0.25, 0.3) is 33.3 Å². The summed E-state index contributed by atoms with van der Waals surface area (Å²) in [7, 11) is 3.81. The number of fused-ring (bicyclic) bond motifs is 3. The van der Waals surface area contributed by atoms with E-state index in [1.807, 2.05) is 63.7 Å². The molecule has 0 radical (unpaired) electrons. The van der Waals surface area contributed by atoms with E-state index in [-0.39, 0.29) is 12.1 Å². The monoisotopic (exact) mass is 406 g/mol. The molecule has 0 unspecified atom stereocenters. The molecule has 3 aromatic heterocycles. The van der Waals surface area contributed by atoms with Crippen LogP contribution in [0.15, 0.2) is 36.7 Å². The fraction of sp³-hybridized carbons (Fsp3) is 0.318. The average Bonchev–Trinajstić information content (AvgIpc) is 3.28. The van der Waals surface area contributed by atoms with Crippen LogP contribution < -0.4 is 10.6 Å². The Morgan fingerprint density at radius 3 is 2.80 bits per heavy atom. The minimum absolute atomic E-state index is 0.199. The van der Waals surface area contributed by atoms with Gasteiger partial charge in [0.15, 0.2) is 5.82 Å². The second-order valence-corrected chi connectivity index (χ2v) is 8.36. The lowest BCUT2D eigenvalue weighted by Crippen LogP contribution is -2.40. The molecule has 0 aliphatic carbocycles. The number of rotatable bonds is 4. The first-order valence-corrected chi connectivity index (χ1v) is 9.81. The number of hydrogen-bond donors (Lipinski definition) is 3. The van der Waals surface area contributed by atoms with E-state index in [4.69, 9.17) is 4.74 Å². The zero-order valence-electron chi connectivity index (χ0n) is 17.8. The van der Waals surface area contributed by atoms with Gasteiger partial charge < -0.3 is 24.9 Å². The number of imidazole rings is 1. The van der Waals surface area contributed by atoms with E-state index >= 15 is 0 Å². The highest BCUT2D eigenvalue weighted by Gasteiger charge is 2.16. The van der Waals surface area contributed by atoms with Gasteiger partial charge in [-0.25, -0.2) is 14.8 Å². The Morgan fingerprint density at radius 1 is 1.27 bits per heavy atom. The zero-order valence-corrected chi connectivity index (χ0v) is 17.8. The summed E-state index contributed by atoms with van der Waals surface area (Å²) < 4.78 is 7.35. The number of hydrogen-bond acceptors (Lipinski definition) is 5. The zero-order chi connectivity index (χ0) is 21.5. The number of carbonyl (C=O) groups excluding carboxylic acids is 1. The van der Waals surface area contributed by atoms with Crippen molar-refractivity contribution in [3.63, 3.8) is 0 Å². The van der Waals surface area contributed by atoms with Crippen LogP contribution >= 0.6 is 0 Å².